The lowest BCUT2D eigenvalue weighted by Gasteiger charge is -2.16. The van der Waals surface area contributed by atoms with Crippen LogP contribution >= 0.6 is 11.6 Å². The van der Waals surface area contributed by atoms with Gasteiger partial charge in [-0.1, -0.05) is 36.6 Å². The lowest BCUT2D eigenvalue weighted by molar-refractivity contribution is 0.487. The van der Waals surface area contributed by atoms with Crippen LogP contribution in [-0.2, 0) is 0 Å². The minimum Gasteiger partial charge on any atom is -0.271 e. The molecule has 0 bridgehead atoms. The van der Waals surface area contributed by atoms with Gasteiger partial charge >= 0.3 is 0 Å². The largest absolute Gasteiger partial charge is 0.271 e. The van der Waals surface area contributed by atoms with E-state index in [1.165, 1.54) is 18.4 Å². The Balaban J connectivity index is 2.13. The highest BCUT2D eigenvalue weighted by atomic mass is 35.5. The smallest absolute Gasteiger partial charge is 0.0463 e. The highest BCUT2D eigenvalue weighted by Gasteiger charge is 2.25. The molecule has 1 aliphatic carbocycles. The molecule has 2 rings (SSSR count). The molecule has 3 N–H and O–H groups in total. The van der Waals surface area contributed by atoms with Gasteiger partial charge in [0.1, 0.15) is 0 Å². The van der Waals surface area contributed by atoms with E-state index in [0.29, 0.717) is 0 Å². The van der Waals surface area contributed by atoms with Crippen molar-refractivity contribution in [1.29, 1.82) is 0 Å². The second-order valence-corrected chi connectivity index (χ2v) is 4.81. The SMILES string of the molecule is Cc1ccc(C(CC2CC2)NN)cc1Cl. The summed E-state index contributed by atoms with van der Waals surface area (Å²) in [6.45, 7) is 2.01. The molecular weight excluding hydrogens is 208 g/mol. The van der Waals surface area contributed by atoms with Crippen molar-refractivity contribution in [2.75, 3.05) is 0 Å². The van der Waals surface area contributed by atoms with Crippen molar-refractivity contribution < 1.29 is 0 Å². The Morgan fingerprint density at radius 2 is 2.27 bits per heavy atom. The first-order chi connectivity index (χ1) is 7.20. The fourth-order valence-corrected chi connectivity index (χ4v) is 2.00. The third kappa shape index (κ3) is 2.71. The molecule has 0 radical (unpaired) electrons. The average molecular weight is 225 g/mol. The normalized spacial score (nSPS) is 17.8. The molecule has 82 valence electrons. The zero-order valence-electron chi connectivity index (χ0n) is 8.96. The van der Waals surface area contributed by atoms with Gasteiger partial charge in [0.15, 0.2) is 0 Å². The second kappa shape index (κ2) is 4.52. The number of nitrogens with two attached hydrogens (primary N) is 1. The fourth-order valence-electron chi connectivity index (χ4n) is 1.81. The number of rotatable bonds is 4. The Kier molecular flexibility index (Phi) is 3.29. The fraction of sp³-hybridized carbons (Fsp3) is 0.500. The number of nitrogens with one attached hydrogen (secondary N) is 1. The van der Waals surface area contributed by atoms with E-state index in [2.05, 4.69) is 17.6 Å². The predicted octanol–water partition coefficient (Wildman–Crippen LogP) is 2.95. The van der Waals surface area contributed by atoms with Gasteiger partial charge in [-0.15, -0.1) is 0 Å². The van der Waals surface area contributed by atoms with E-state index < -0.39 is 0 Å². The summed E-state index contributed by atoms with van der Waals surface area (Å²) in [5.74, 6) is 6.43. The van der Waals surface area contributed by atoms with Gasteiger partial charge in [0.25, 0.3) is 0 Å². The van der Waals surface area contributed by atoms with E-state index in [4.69, 9.17) is 17.4 Å². The van der Waals surface area contributed by atoms with Crippen molar-refractivity contribution in [2.45, 2.75) is 32.2 Å². The maximum absolute atomic E-state index is 6.10. The first-order valence-electron chi connectivity index (χ1n) is 5.43. The van der Waals surface area contributed by atoms with Gasteiger partial charge in [-0.3, -0.25) is 11.3 Å². The van der Waals surface area contributed by atoms with Crippen molar-refractivity contribution in [3.05, 3.63) is 34.3 Å². The third-order valence-electron chi connectivity index (χ3n) is 3.07. The molecule has 0 spiro atoms. The molecule has 3 heteroatoms. The van der Waals surface area contributed by atoms with Crippen molar-refractivity contribution in [1.82, 2.24) is 5.43 Å². The molecule has 1 atom stereocenters. The molecule has 0 saturated heterocycles. The van der Waals surface area contributed by atoms with Crippen LogP contribution in [0.5, 0.6) is 0 Å². The molecule has 0 aliphatic heterocycles. The lowest BCUT2D eigenvalue weighted by Crippen LogP contribution is -2.28. The molecular formula is C12H17ClN2. The van der Waals surface area contributed by atoms with Crippen LogP contribution < -0.4 is 11.3 Å². The summed E-state index contributed by atoms with van der Waals surface area (Å²) in [5, 5.41) is 0.823. The van der Waals surface area contributed by atoms with Gasteiger partial charge in [0, 0.05) is 11.1 Å². The maximum atomic E-state index is 6.10. The van der Waals surface area contributed by atoms with Gasteiger partial charge in [-0.05, 0) is 36.5 Å². The number of benzene rings is 1. The van der Waals surface area contributed by atoms with E-state index in [1.54, 1.807) is 0 Å². The van der Waals surface area contributed by atoms with Crippen LogP contribution in [0.25, 0.3) is 0 Å². The molecule has 1 aromatic carbocycles. The Morgan fingerprint density at radius 3 is 2.80 bits per heavy atom. The lowest BCUT2D eigenvalue weighted by atomic mass is 10.0. The highest BCUT2D eigenvalue weighted by Crippen LogP contribution is 2.37. The number of hydrazine groups is 1. The first kappa shape index (κ1) is 10.9. The van der Waals surface area contributed by atoms with Crippen LogP contribution in [-0.4, -0.2) is 0 Å². The molecule has 0 heterocycles. The predicted molar refractivity (Wildman–Crippen MR) is 63.6 cm³/mol. The number of halogens is 1. The summed E-state index contributed by atoms with van der Waals surface area (Å²) in [4.78, 5) is 0. The molecule has 1 fully saturated rings. The van der Waals surface area contributed by atoms with Crippen molar-refractivity contribution in [3.8, 4) is 0 Å². The summed E-state index contributed by atoms with van der Waals surface area (Å²) in [6, 6.07) is 6.42. The Morgan fingerprint density at radius 1 is 1.53 bits per heavy atom. The van der Waals surface area contributed by atoms with Gasteiger partial charge in [0.2, 0.25) is 0 Å². The van der Waals surface area contributed by atoms with Crippen LogP contribution in [0.3, 0.4) is 0 Å². The van der Waals surface area contributed by atoms with Crippen molar-refractivity contribution in [2.24, 2.45) is 11.8 Å². The molecule has 1 unspecified atom stereocenters. The topological polar surface area (TPSA) is 38.0 Å². The standard InChI is InChI=1S/C12H17ClN2/c1-8-2-5-10(7-11(8)13)12(15-14)6-9-3-4-9/h2,5,7,9,12,15H,3-4,6,14H2,1H3. The molecule has 1 aromatic rings. The van der Waals surface area contributed by atoms with Gasteiger partial charge in [-0.25, -0.2) is 0 Å². The monoisotopic (exact) mass is 224 g/mol. The second-order valence-electron chi connectivity index (χ2n) is 4.41. The summed E-state index contributed by atoms with van der Waals surface area (Å²) >= 11 is 6.10. The van der Waals surface area contributed by atoms with Gasteiger partial charge < -0.3 is 0 Å². The van der Waals surface area contributed by atoms with Crippen LogP contribution in [0.2, 0.25) is 5.02 Å². The molecule has 15 heavy (non-hydrogen) atoms. The number of hydrogen-bond donors (Lipinski definition) is 2. The third-order valence-corrected chi connectivity index (χ3v) is 3.47. The van der Waals surface area contributed by atoms with Crippen LogP contribution in [0.15, 0.2) is 18.2 Å². The first-order valence-corrected chi connectivity index (χ1v) is 5.80. The molecule has 0 aromatic heterocycles. The summed E-state index contributed by atoms with van der Waals surface area (Å²) < 4.78 is 0. The average Bonchev–Trinajstić information content (AvgIpc) is 3.02. The minimum atomic E-state index is 0.246. The Labute approximate surface area is 95.8 Å². The Hall–Kier alpha value is -0.570. The van der Waals surface area contributed by atoms with Crippen LogP contribution in [0.4, 0.5) is 0 Å². The van der Waals surface area contributed by atoms with Gasteiger partial charge in [-0.2, -0.15) is 0 Å². The van der Waals surface area contributed by atoms with E-state index in [0.717, 1.165) is 22.9 Å². The molecule has 0 amide bonds. The highest BCUT2D eigenvalue weighted by molar-refractivity contribution is 6.31. The zero-order valence-corrected chi connectivity index (χ0v) is 9.72. The summed E-state index contributed by atoms with van der Waals surface area (Å²) in [5.41, 5.74) is 5.19. The van der Waals surface area contributed by atoms with Crippen LogP contribution in [0, 0.1) is 12.8 Å². The molecule has 1 saturated carbocycles. The number of aryl methyl sites for hydroxylation is 1. The number of hydrogen-bond acceptors (Lipinski definition) is 2. The Bertz CT molecular complexity index is 347. The van der Waals surface area contributed by atoms with Gasteiger partial charge in [0.05, 0.1) is 0 Å². The van der Waals surface area contributed by atoms with E-state index in [9.17, 15) is 0 Å². The molecule has 2 nitrogen and oxygen atoms in total. The zero-order chi connectivity index (χ0) is 10.8. The van der Waals surface area contributed by atoms with E-state index in [-0.39, 0.29) is 6.04 Å². The van der Waals surface area contributed by atoms with Crippen molar-refractivity contribution in [3.63, 3.8) is 0 Å². The summed E-state index contributed by atoms with van der Waals surface area (Å²) in [7, 11) is 0. The minimum absolute atomic E-state index is 0.246. The molecule has 1 aliphatic rings. The summed E-state index contributed by atoms with van der Waals surface area (Å²) in [6.07, 6.45) is 3.81. The van der Waals surface area contributed by atoms with Crippen LogP contribution in [0.1, 0.15) is 36.4 Å². The van der Waals surface area contributed by atoms with E-state index in [1.807, 2.05) is 13.0 Å². The van der Waals surface area contributed by atoms with Crippen molar-refractivity contribution >= 4 is 11.6 Å². The quantitative estimate of drug-likeness (QED) is 0.610. The maximum Gasteiger partial charge on any atom is 0.0463 e. The van der Waals surface area contributed by atoms with E-state index >= 15 is 0 Å².